The minimum atomic E-state index is 0. The van der Waals surface area contributed by atoms with Crippen molar-refractivity contribution < 1.29 is 23.7 Å². The molecule has 0 fully saturated rings. The Bertz CT molecular complexity index is 952. The molecule has 7 nitrogen and oxygen atoms in total. The second-order valence-electron chi connectivity index (χ2n) is 8.00. The maximum atomic E-state index is 13.0. The predicted octanol–water partition coefficient (Wildman–Crippen LogP) is 3.42. The van der Waals surface area contributed by atoms with Crippen molar-refractivity contribution in [3.63, 3.8) is 0 Å². The van der Waals surface area contributed by atoms with Gasteiger partial charge in [0.15, 0.2) is 23.0 Å². The molecule has 32 heavy (non-hydrogen) atoms. The SMILES string of the molecule is COc1cc2c(cc1OC)C(=O)N(CCCN(C)CCc1ccc3c(c1)OCO3)CC2.Cl. The van der Waals surface area contributed by atoms with Crippen LogP contribution in [0.3, 0.4) is 0 Å². The van der Waals surface area contributed by atoms with Gasteiger partial charge in [0.1, 0.15) is 0 Å². The van der Waals surface area contributed by atoms with Crippen molar-refractivity contribution in [3.05, 3.63) is 47.0 Å². The molecule has 2 aliphatic rings. The van der Waals surface area contributed by atoms with E-state index in [-0.39, 0.29) is 18.3 Å². The van der Waals surface area contributed by atoms with E-state index in [4.69, 9.17) is 18.9 Å². The molecule has 2 aromatic carbocycles. The molecule has 0 saturated heterocycles. The maximum absolute atomic E-state index is 13.0. The van der Waals surface area contributed by atoms with Crippen LogP contribution in [-0.4, -0.2) is 69.9 Å². The minimum absolute atomic E-state index is 0. The summed E-state index contributed by atoms with van der Waals surface area (Å²) in [6, 6.07) is 9.85. The summed E-state index contributed by atoms with van der Waals surface area (Å²) in [5, 5.41) is 0. The van der Waals surface area contributed by atoms with E-state index in [0.29, 0.717) is 18.3 Å². The lowest BCUT2D eigenvalue weighted by atomic mass is 9.98. The molecule has 174 valence electrons. The zero-order valence-electron chi connectivity index (χ0n) is 18.9. The monoisotopic (exact) mass is 462 g/mol. The third-order valence-electron chi connectivity index (χ3n) is 5.97. The molecule has 0 aromatic heterocycles. The van der Waals surface area contributed by atoms with Gasteiger partial charge in [0.05, 0.1) is 14.2 Å². The molecule has 2 aromatic rings. The van der Waals surface area contributed by atoms with Gasteiger partial charge in [-0.2, -0.15) is 0 Å². The van der Waals surface area contributed by atoms with Crippen LogP contribution in [0, 0.1) is 0 Å². The van der Waals surface area contributed by atoms with Crippen LogP contribution >= 0.6 is 12.4 Å². The lowest BCUT2D eigenvalue weighted by Crippen LogP contribution is -2.39. The van der Waals surface area contributed by atoms with E-state index in [1.807, 2.05) is 17.0 Å². The van der Waals surface area contributed by atoms with E-state index in [1.54, 1.807) is 20.3 Å². The van der Waals surface area contributed by atoms with Crippen LogP contribution < -0.4 is 18.9 Å². The molecule has 2 aliphatic heterocycles. The van der Waals surface area contributed by atoms with Gasteiger partial charge in [-0.15, -0.1) is 12.4 Å². The molecule has 0 aliphatic carbocycles. The molecule has 2 heterocycles. The fourth-order valence-corrected chi connectivity index (χ4v) is 4.13. The first-order valence-corrected chi connectivity index (χ1v) is 10.7. The Balaban J connectivity index is 0.00000289. The first-order valence-electron chi connectivity index (χ1n) is 10.7. The molecule has 0 atom stereocenters. The number of carbonyl (C=O) groups is 1. The second kappa shape index (κ2) is 10.8. The van der Waals surface area contributed by atoms with E-state index >= 15 is 0 Å². The molecular formula is C24H31ClN2O5. The van der Waals surface area contributed by atoms with Gasteiger partial charge in [0, 0.05) is 25.2 Å². The second-order valence-corrected chi connectivity index (χ2v) is 8.00. The van der Waals surface area contributed by atoms with Gasteiger partial charge >= 0.3 is 0 Å². The third kappa shape index (κ3) is 5.22. The van der Waals surface area contributed by atoms with Crippen molar-refractivity contribution in [2.24, 2.45) is 0 Å². The van der Waals surface area contributed by atoms with Crippen molar-refractivity contribution in [3.8, 4) is 23.0 Å². The average molecular weight is 463 g/mol. The molecular weight excluding hydrogens is 432 g/mol. The lowest BCUT2D eigenvalue weighted by molar-refractivity contribution is 0.0732. The zero-order valence-corrected chi connectivity index (χ0v) is 19.7. The number of benzene rings is 2. The van der Waals surface area contributed by atoms with Gasteiger partial charge in [-0.25, -0.2) is 0 Å². The van der Waals surface area contributed by atoms with Crippen LogP contribution in [-0.2, 0) is 12.8 Å². The quantitative estimate of drug-likeness (QED) is 0.569. The van der Waals surface area contributed by atoms with Gasteiger partial charge in [-0.05, 0) is 68.2 Å². The van der Waals surface area contributed by atoms with Crippen molar-refractivity contribution in [2.45, 2.75) is 19.3 Å². The Kier molecular flexibility index (Phi) is 8.10. The predicted molar refractivity (Wildman–Crippen MR) is 125 cm³/mol. The highest BCUT2D eigenvalue weighted by Gasteiger charge is 2.26. The number of fused-ring (bicyclic) bond motifs is 2. The number of carbonyl (C=O) groups excluding carboxylic acids is 1. The summed E-state index contributed by atoms with van der Waals surface area (Å²) in [6.45, 7) is 3.68. The van der Waals surface area contributed by atoms with Crippen molar-refractivity contribution in [2.75, 3.05) is 54.2 Å². The minimum Gasteiger partial charge on any atom is -0.493 e. The molecule has 1 amide bonds. The first kappa shape index (κ1) is 24.0. The normalized spacial score (nSPS) is 14.2. The highest BCUT2D eigenvalue weighted by atomic mass is 35.5. The smallest absolute Gasteiger partial charge is 0.254 e. The maximum Gasteiger partial charge on any atom is 0.254 e. The number of nitrogens with zero attached hydrogens (tertiary/aromatic N) is 2. The third-order valence-corrected chi connectivity index (χ3v) is 5.97. The van der Waals surface area contributed by atoms with Crippen LogP contribution in [0.5, 0.6) is 23.0 Å². The molecule has 0 N–H and O–H groups in total. The number of likely N-dealkylation sites (N-methyl/N-ethyl adjacent to an activating group) is 1. The fourth-order valence-electron chi connectivity index (χ4n) is 4.13. The Morgan fingerprint density at radius 1 is 1.03 bits per heavy atom. The first-order chi connectivity index (χ1) is 15.1. The van der Waals surface area contributed by atoms with Gasteiger partial charge in [0.2, 0.25) is 6.79 Å². The van der Waals surface area contributed by atoms with Gasteiger partial charge < -0.3 is 28.7 Å². The van der Waals surface area contributed by atoms with Crippen molar-refractivity contribution >= 4 is 18.3 Å². The summed E-state index contributed by atoms with van der Waals surface area (Å²) in [4.78, 5) is 17.2. The number of halogens is 1. The summed E-state index contributed by atoms with van der Waals surface area (Å²) in [7, 11) is 5.33. The number of methoxy groups -OCH3 is 2. The molecule has 0 bridgehead atoms. The largest absolute Gasteiger partial charge is 0.493 e. The van der Waals surface area contributed by atoms with Gasteiger partial charge in [-0.3, -0.25) is 4.79 Å². The van der Waals surface area contributed by atoms with E-state index in [2.05, 4.69) is 24.1 Å². The zero-order chi connectivity index (χ0) is 21.8. The summed E-state index contributed by atoms with van der Waals surface area (Å²) < 4.78 is 21.6. The highest BCUT2D eigenvalue weighted by molar-refractivity contribution is 5.97. The van der Waals surface area contributed by atoms with E-state index < -0.39 is 0 Å². The fraction of sp³-hybridized carbons (Fsp3) is 0.458. The summed E-state index contributed by atoms with van der Waals surface area (Å²) in [5.74, 6) is 3.00. The summed E-state index contributed by atoms with van der Waals surface area (Å²) in [6.07, 6.45) is 2.72. The number of rotatable bonds is 9. The molecule has 0 unspecified atom stereocenters. The average Bonchev–Trinajstić information content (AvgIpc) is 3.26. The standard InChI is InChI=1S/C24H30N2O5.ClH/c1-25(11-7-17-5-6-20-23(13-17)31-16-30-20)9-4-10-26-12-8-18-14-21(28-2)22(29-3)15-19(18)24(26)27;/h5-6,13-15H,4,7-12,16H2,1-3H3;1H. The number of hydrogen-bond acceptors (Lipinski definition) is 6. The van der Waals surface area contributed by atoms with Crippen LogP contribution in [0.1, 0.15) is 27.9 Å². The number of ether oxygens (including phenoxy) is 4. The van der Waals surface area contributed by atoms with Crippen molar-refractivity contribution in [1.29, 1.82) is 0 Å². The van der Waals surface area contributed by atoms with E-state index in [1.165, 1.54) is 5.56 Å². The summed E-state index contributed by atoms with van der Waals surface area (Å²) >= 11 is 0. The Labute approximate surface area is 195 Å². The van der Waals surface area contributed by atoms with E-state index in [0.717, 1.165) is 68.1 Å². The van der Waals surface area contributed by atoms with Crippen LogP contribution in [0.2, 0.25) is 0 Å². The molecule has 4 rings (SSSR count). The van der Waals surface area contributed by atoms with Crippen molar-refractivity contribution in [1.82, 2.24) is 9.80 Å². The Morgan fingerprint density at radius 2 is 1.78 bits per heavy atom. The molecule has 0 saturated carbocycles. The Hall–Kier alpha value is -2.64. The lowest BCUT2D eigenvalue weighted by Gasteiger charge is -2.30. The van der Waals surface area contributed by atoms with Crippen LogP contribution in [0.25, 0.3) is 0 Å². The molecule has 0 radical (unpaired) electrons. The molecule has 0 spiro atoms. The van der Waals surface area contributed by atoms with Gasteiger partial charge in [-0.1, -0.05) is 6.07 Å². The van der Waals surface area contributed by atoms with Gasteiger partial charge in [0.25, 0.3) is 5.91 Å². The Morgan fingerprint density at radius 3 is 2.56 bits per heavy atom. The molecule has 8 heteroatoms. The van der Waals surface area contributed by atoms with E-state index in [9.17, 15) is 4.79 Å². The highest BCUT2D eigenvalue weighted by Crippen LogP contribution is 2.34. The number of amides is 1. The number of hydrogen-bond donors (Lipinski definition) is 0. The van der Waals surface area contributed by atoms with Crippen LogP contribution in [0.4, 0.5) is 0 Å². The van der Waals surface area contributed by atoms with Crippen LogP contribution in [0.15, 0.2) is 30.3 Å². The summed E-state index contributed by atoms with van der Waals surface area (Å²) in [5.41, 5.74) is 2.99. The topological polar surface area (TPSA) is 60.5 Å².